The summed E-state index contributed by atoms with van der Waals surface area (Å²) in [5.74, 6) is 0.932. The second kappa shape index (κ2) is 2.76. The van der Waals surface area contributed by atoms with Gasteiger partial charge in [-0.1, -0.05) is 12.8 Å². The van der Waals surface area contributed by atoms with E-state index in [0.717, 1.165) is 25.6 Å². The number of rotatable bonds is 2. The highest BCUT2D eigenvalue weighted by atomic mass is 16.5. The Kier molecular flexibility index (Phi) is 1.90. The molecule has 1 saturated carbocycles. The van der Waals surface area contributed by atoms with E-state index < -0.39 is 0 Å². The lowest BCUT2D eigenvalue weighted by atomic mass is 9.88. The number of hydrogen-bond donors (Lipinski definition) is 1. The van der Waals surface area contributed by atoms with Crippen molar-refractivity contribution in [3.8, 4) is 0 Å². The van der Waals surface area contributed by atoms with Gasteiger partial charge >= 0.3 is 0 Å². The maximum Gasteiger partial charge on any atom is 0.0646 e. The molecule has 2 fully saturated rings. The van der Waals surface area contributed by atoms with Crippen molar-refractivity contribution in [1.82, 2.24) is 0 Å². The molecule has 2 nitrogen and oxygen atoms in total. The van der Waals surface area contributed by atoms with Crippen molar-refractivity contribution in [1.29, 1.82) is 0 Å². The van der Waals surface area contributed by atoms with Gasteiger partial charge in [-0.25, -0.2) is 0 Å². The monoisotopic (exact) mass is 155 g/mol. The van der Waals surface area contributed by atoms with E-state index >= 15 is 0 Å². The highest BCUT2D eigenvalue weighted by Gasteiger charge is 2.35. The summed E-state index contributed by atoms with van der Waals surface area (Å²) in [4.78, 5) is 0. The molecule has 0 aromatic carbocycles. The first-order valence-electron chi connectivity index (χ1n) is 4.65. The van der Waals surface area contributed by atoms with Crippen LogP contribution in [-0.2, 0) is 4.74 Å². The van der Waals surface area contributed by atoms with Gasteiger partial charge in [0.25, 0.3) is 0 Å². The maximum atomic E-state index is 6.18. The molecule has 1 saturated heterocycles. The largest absolute Gasteiger partial charge is 0.380 e. The Balaban J connectivity index is 1.84. The van der Waals surface area contributed by atoms with Crippen LogP contribution in [0.2, 0.25) is 0 Å². The summed E-state index contributed by atoms with van der Waals surface area (Å²) in [5.41, 5.74) is 6.22. The van der Waals surface area contributed by atoms with Crippen molar-refractivity contribution in [3.05, 3.63) is 0 Å². The van der Waals surface area contributed by atoms with Crippen LogP contribution in [0.5, 0.6) is 0 Å². The number of hydrogen-bond acceptors (Lipinski definition) is 2. The molecule has 0 aromatic rings. The third kappa shape index (κ3) is 1.94. The Morgan fingerprint density at radius 3 is 2.82 bits per heavy atom. The van der Waals surface area contributed by atoms with E-state index in [1.54, 1.807) is 0 Å². The summed E-state index contributed by atoms with van der Waals surface area (Å²) >= 11 is 0. The van der Waals surface area contributed by atoms with Crippen molar-refractivity contribution in [2.24, 2.45) is 11.7 Å². The number of nitrogens with two attached hydrogens (primary N) is 1. The van der Waals surface area contributed by atoms with Crippen LogP contribution in [0, 0.1) is 5.92 Å². The Hall–Kier alpha value is -0.0800. The molecule has 1 aliphatic heterocycles. The fourth-order valence-electron chi connectivity index (χ4n) is 1.93. The minimum Gasteiger partial charge on any atom is -0.380 e. The van der Waals surface area contributed by atoms with Crippen molar-refractivity contribution in [2.75, 3.05) is 13.2 Å². The highest BCUT2D eigenvalue weighted by Crippen LogP contribution is 2.38. The van der Waals surface area contributed by atoms with E-state index in [-0.39, 0.29) is 5.54 Å². The average Bonchev–Trinajstić information content (AvgIpc) is 2.72. The maximum absolute atomic E-state index is 6.18. The van der Waals surface area contributed by atoms with Crippen LogP contribution >= 0.6 is 0 Å². The molecule has 0 bridgehead atoms. The zero-order valence-electron chi connectivity index (χ0n) is 7.01. The van der Waals surface area contributed by atoms with Crippen LogP contribution in [0.3, 0.4) is 0 Å². The lowest BCUT2D eigenvalue weighted by Crippen LogP contribution is -2.47. The minimum absolute atomic E-state index is 0.0411. The summed E-state index contributed by atoms with van der Waals surface area (Å²) in [6.07, 6.45) is 6.33. The van der Waals surface area contributed by atoms with Gasteiger partial charge in [-0.15, -0.1) is 0 Å². The predicted molar refractivity (Wildman–Crippen MR) is 44.3 cm³/mol. The van der Waals surface area contributed by atoms with E-state index in [1.807, 2.05) is 0 Å². The number of ether oxygens (including phenoxy) is 1. The SMILES string of the molecule is NC1(CC2CC2)CCCOC1. The first-order chi connectivity index (χ1) is 5.29. The molecular weight excluding hydrogens is 138 g/mol. The van der Waals surface area contributed by atoms with E-state index in [4.69, 9.17) is 10.5 Å². The lowest BCUT2D eigenvalue weighted by molar-refractivity contribution is 0.0321. The Morgan fingerprint density at radius 1 is 1.45 bits per heavy atom. The molecule has 2 rings (SSSR count). The predicted octanol–water partition coefficient (Wildman–Crippen LogP) is 1.29. The van der Waals surface area contributed by atoms with Crippen LogP contribution < -0.4 is 5.73 Å². The van der Waals surface area contributed by atoms with Gasteiger partial charge in [0.2, 0.25) is 0 Å². The molecule has 0 aromatic heterocycles. The van der Waals surface area contributed by atoms with Crippen molar-refractivity contribution in [3.63, 3.8) is 0 Å². The normalized spacial score (nSPS) is 39.0. The van der Waals surface area contributed by atoms with Gasteiger partial charge in [-0.2, -0.15) is 0 Å². The molecule has 0 spiro atoms. The molecule has 2 aliphatic rings. The van der Waals surface area contributed by atoms with E-state index in [0.29, 0.717) is 0 Å². The van der Waals surface area contributed by atoms with Gasteiger partial charge in [0.05, 0.1) is 6.61 Å². The third-order valence-electron chi connectivity index (χ3n) is 2.74. The van der Waals surface area contributed by atoms with Crippen molar-refractivity contribution < 1.29 is 4.74 Å². The minimum atomic E-state index is 0.0411. The summed E-state index contributed by atoms with van der Waals surface area (Å²) in [5, 5.41) is 0. The Labute approximate surface area is 68.1 Å². The molecule has 0 radical (unpaired) electrons. The van der Waals surface area contributed by atoms with Crippen LogP contribution in [0.4, 0.5) is 0 Å². The smallest absolute Gasteiger partial charge is 0.0646 e. The molecule has 1 heterocycles. The van der Waals surface area contributed by atoms with Gasteiger partial charge in [-0.3, -0.25) is 0 Å². The Bertz CT molecular complexity index is 136. The second-order valence-corrected chi connectivity index (χ2v) is 4.17. The standard InChI is InChI=1S/C9H17NO/c10-9(6-8-2-3-8)4-1-5-11-7-9/h8H,1-7,10H2. The zero-order chi connectivity index (χ0) is 7.73. The van der Waals surface area contributed by atoms with Crippen molar-refractivity contribution in [2.45, 2.75) is 37.6 Å². The molecule has 64 valence electrons. The lowest BCUT2D eigenvalue weighted by Gasteiger charge is -2.33. The van der Waals surface area contributed by atoms with Crippen molar-refractivity contribution >= 4 is 0 Å². The summed E-state index contributed by atoms with van der Waals surface area (Å²) in [7, 11) is 0. The topological polar surface area (TPSA) is 35.2 Å². The molecular formula is C9H17NO. The third-order valence-corrected chi connectivity index (χ3v) is 2.74. The van der Waals surface area contributed by atoms with E-state index in [1.165, 1.54) is 25.7 Å². The molecule has 1 unspecified atom stereocenters. The molecule has 11 heavy (non-hydrogen) atoms. The van der Waals surface area contributed by atoms with Crippen LogP contribution in [-0.4, -0.2) is 18.8 Å². The molecule has 2 N–H and O–H groups in total. The van der Waals surface area contributed by atoms with E-state index in [9.17, 15) is 0 Å². The van der Waals surface area contributed by atoms with Gasteiger partial charge in [0.1, 0.15) is 0 Å². The molecule has 2 heteroatoms. The highest BCUT2D eigenvalue weighted by molar-refractivity contribution is 4.92. The Morgan fingerprint density at radius 2 is 2.27 bits per heavy atom. The van der Waals surface area contributed by atoms with Crippen LogP contribution in [0.15, 0.2) is 0 Å². The quantitative estimate of drug-likeness (QED) is 0.652. The van der Waals surface area contributed by atoms with Crippen LogP contribution in [0.25, 0.3) is 0 Å². The van der Waals surface area contributed by atoms with Gasteiger partial charge in [0, 0.05) is 12.1 Å². The first kappa shape index (κ1) is 7.56. The summed E-state index contributed by atoms with van der Waals surface area (Å²) < 4.78 is 5.39. The van der Waals surface area contributed by atoms with Gasteiger partial charge < -0.3 is 10.5 Å². The van der Waals surface area contributed by atoms with Gasteiger partial charge in [0.15, 0.2) is 0 Å². The molecule has 0 amide bonds. The zero-order valence-corrected chi connectivity index (χ0v) is 7.01. The summed E-state index contributed by atoms with van der Waals surface area (Å²) in [6, 6.07) is 0. The van der Waals surface area contributed by atoms with E-state index in [2.05, 4.69) is 0 Å². The fourth-order valence-corrected chi connectivity index (χ4v) is 1.93. The fraction of sp³-hybridized carbons (Fsp3) is 1.00. The van der Waals surface area contributed by atoms with Gasteiger partial charge in [-0.05, 0) is 25.2 Å². The summed E-state index contributed by atoms with van der Waals surface area (Å²) in [6.45, 7) is 1.72. The molecule has 1 atom stereocenters. The second-order valence-electron chi connectivity index (χ2n) is 4.17. The molecule has 1 aliphatic carbocycles. The average molecular weight is 155 g/mol. The van der Waals surface area contributed by atoms with Crippen LogP contribution in [0.1, 0.15) is 32.1 Å². The first-order valence-corrected chi connectivity index (χ1v) is 4.65.